The van der Waals surface area contributed by atoms with Gasteiger partial charge in [-0.05, 0) is 48.4 Å². The molecule has 0 atom stereocenters. The van der Waals surface area contributed by atoms with Crippen LogP contribution in [-0.2, 0) is 19.6 Å². The lowest BCUT2D eigenvalue weighted by Crippen LogP contribution is -2.40. The summed E-state index contributed by atoms with van der Waals surface area (Å²) in [5, 5.41) is 2.71. The Morgan fingerprint density at radius 2 is 1.93 bits per heavy atom. The monoisotopic (exact) mass is 464 g/mol. The van der Waals surface area contributed by atoms with Gasteiger partial charge in [-0.25, -0.2) is 8.42 Å². The number of nitrogens with one attached hydrogen (secondary N) is 1. The van der Waals surface area contributed by atoms with Gasteiger partial charge in [-0.2, -0.15) is 4.31 Å². The van der Waals surface area contributed by atoms with Gasteiger partial charge < -0.3 is 10.1 Å². The molecule has 0 unspecified atom stereocenters. The quantitative estimate of drug-likeness (QED) is 0.687. The molecule has 0 bridgehead atoms. The predicted molar refractivity (Wildman–Crippen MR) is 113 cm³/mol. The van der Waals surface area contributed by atoms with Crippen LogP contribution in [0.2, 0.25) is 0 Å². The molecule has 2 aromatic carbocycles. The SMILES string of the molecule is Cc1ccc(/C=C/C(=O)Nc2cccc(S(=O)(=O)N3CCOCC3)c2)c(Br)c1. The van der Waals surface area contributed by atoms with E-state index in [9.17, 15) is 13.2 Å². The molecule has 1 amide bonds. The van der Waals surface area contributed by atoms with Gasteiger partial charge in [-0.15, -0.1) is 0 Å². The van der Waals surface area contributed by atoms with Gasteiger partial charge in [0.15, 0.2) is 0 Å². The molecule has 0 saturated carbocycles. The molecule has 148 valence electrons. The third-order valence-electron chi connectivity index (χ3n) is 4.28. The van der Waals surface area contributed by atoms with Crippen LogP contribution in [0.25, 0.3) is 6.08 Å². The smallest absolute Gasteiger partial charge is 0.248 e. The van der Waals surface area contributed by atoms with Gasteiger partial charge in [-0.3, -0.25) is 4.79 Å². The molecule has 1 heterocycles. The lowest BCUT2D eigenvalue weighted by atomic mass is 10.1. The number of amides is 1. The van der Waals surface area contributed by atoms with Crippen LogP contribution in [0.5, 0.6) is 0 Å². The lowest BCUT2D eigenvalue weighted by molar-refractivity contribution is -0.111. The van der Waals surface area contributed by atoms with Crippen LogP contribution in [0.15, 0.2) is 57.9 Å². The summed E-state index contributed by atoms with van der Waals surface area (Å²) < 4.78 is 33.0. The largest absolute Gasteiger partial charge is 0.379 e. The Morgan fingerprint density at radius 3 is 2.64 bits per heavy atom. The highest BCUT2D eigenvalue weighted by Crippen LogP contribution is 2.22. The molecule has 0 spiro atoms. The van der Waals surface area contributed by atoms with E-state index in [2.05, 4.69) is 21.2 Å². The Bertz CT molecular complexity index is 999. The number of nitrogens with zero attached hydrogens (tertiary/aromatic N) is 1. The second-order valence-electron chi connectivity index (χ2n) is 6.39. The molecule has 1 aliphatic heterocycles. The molecular weight excluding hydrogens is 444 g/mol. The van der Waals surface area contributed by atoms with E-state index >= 15 is 0 Å². The van der Waals surface area contributed by atoms with E-state index in [1.165, 1.54) is 22.5 Å². The molecule has 1 saturated heterocycles. The highest BCUT2D eigenvalue weighted by Gasteiger charge is 2.26. The van der Waals surface area contributed by atoms with Crippen LogP contribution in [0.4, 0.5) is 5.69 Å². The zero-order valence-electron chi connectivity index (χ0n) is 15.4. The number of morpholine rings is 1. The maximum atomic E-state index is 12.7. The fourth-order valence-corrected chi connectivity index (χ4v) is 4.87. The number of benzene rings is 2. The van der Waals surface area contributed by atoms with Gasteiger partial charge in [0.25, 0.3) is 0 Å². The average molecular weight is 465 g/mol. The van der Waals surface area contributed by atoms with Crippen LogP contribution in [0.3, 0.4) is 0 Å². The number of carbonyl (C=O) groups excluding carboxylic acids is 1. The minimum absolute atomic E-state index is 0.150. The Labute approximate surface area is 173 Å². The molecular formula is C20H21BrN2O4S. The predicted octanol–water partition coefficient (Wildman–Crippen LogP) is 3.43. The number of halogens is 1. The highest BCUT2D eigenvalue weighted by molar-refractivity contribution is 9.10. The van der Waals surface area contributed by atoms with Crippen molar-refractivity contribution in [1.82, 2.24) is 4.31 Å². The number of ether oxygens (including phenoxy) is 1. The summed E-state index contributed by atoms with van der Waals surface area (Å²) in [5.74, 6) is -0.339. The number of aryl methyl sites for hydroxylation is 1. The molecule has 1 N–H and O–H groups in total. The fraction of sp³-hybridized carbons (Fsp3) is 0.250. The van der Waals surface area contributed by atoms with E-state index in [-0.39, 0.29) is 10.8 Å². The van der Waals surface area contributed by atoms with Gasteiger partial charge in [0.1, 0.15) is 0 Å². The van der Waals surface area contributed by atoms with Crippen LogP contribution in [0, 0.1) is 6.92 Å². The maximum Gasteiger partial charge on any atom is 0.248 e. The maximum absolute atomic E-state index is 12.7. The Balaban J connectivity index is 1.71. The molecule has 6 nitrogen and oxygen atoms in total. The number of hydrogen-bond donors (Lipinski definition) is 1. The first-order chi connectivity index (χ1) is 13.4. The van der Waals surface area contributed by atoms with Crippen molar-refractivity contribution >= 4 is 43.6 Å². The number of sulfonamides is 1. The summed E-state index contributed by atoms with van der Waals surface area (Å²) in [6.45, 7) is 3.41. The minimum Gasteiger partial charge on any atom is -0.379 e. The zero-order chi connectivity index (χ0) is 20.1. The van der Waals surface area contributed by atoms with Crippen molar-refractivity contribution in [3.05, 3.63) is 64.1 Å². The van der Waals surface area contributed by atoms with Crippen LogP contribution >= 0.6 is 15.9 Å². The first-order valence-electron chi connectivity index (χ1n) is 8.79. The molecule has 3 rings (SSSR count). The van der Waals surface area contributed by atoms with Gasteiger partial charge in [-0.1, -0.05) is 34.1 Å². The second-order valence-corrected chi connectivity index (χ2v) is 9.18. The molecule has 0 aliphatic carbocycles. The first-order valence-corrected chi connectivity index (χ1v) is 11.0. The summed E-state index contributed by atoms with van der Waals surface area (Å²) in [6.07, 6.45) is 3.12. The van der Waals surface area contributed by atoms with Crippen LogP contribution < -0.4 is 5.32 Å². The van der Waals surface area contributed by atoms with Crippen LogP contribution in [0.1, 0.15) is 11.1 Å². The average Bonchev–Trinajstić information content (AvgIpc) is 2.68. The number of rotatable bonds is 5. The molecule has 0 radical (unpaired) electrons. The Kier molecular flexibility index (Phi) is 6.66. The third-order valence-corrected chi connectivity index (χ3v) is 6.86. The van der Waals surface area contributed by atoms with Crippen molar-refractivity contribution in [2.45, 2.75) is 11.8 Å². The van der Waals surface area contributed by atoms with Crippen molar-refractivity contribution in [2.75, 3.05) is 31.6 Å². The molecule has 1 fully saturated rings. The van der Waals surface area contributed by atoms with E-state index in [1.807, 2.05) is 25.1 Å². The molecule has 0 aromatic heterocycles. The normalized spacial score (nSPS) is 15.6. The lowest BCUT2D eigenvalue weighted by Gasteiger charge is -2.26. The van der Waals surface area contributed by atoms with Gasteiger partial charge in [0.2, 0.25) is 15.9 Å². The Morgan fingerprint density at radius 1 is 1.18 bits per heavy atom. The first kappa shape index (κ1) is 20.7. The van der Waals surface area contributed by atoms with Crippen molar-refractivity contribution in [3.63, 3.8) is 0 Å². The highest BCUT2D eigenvalue weighted by atomic mass is 79.9. The molecule has 2 aromatic rings. The third kappa shape index (κ3) is 5.08. The van der Waals surface area contributed by atoms with Gasteiger partial charge in [0, 0.05) is 29.3 Å². The topological polar surface area (TPSA) is 75.7 Å². The molecule has 1 aliphatic rings. The molecule has 28 heavy (non-hydrogen) atoms. The standard InChI is InChI=1S/C20H21BrN2O4S/c1-15-5-6-16(19(21)13-15)7-8-20(24)22-17-3-2-4-18(14-17)28(25,26)23-9-11-27-12-10-23/h2-8,13-14H,9-12H2,1H3,(H,22,24)/b8-7+. The summed E-state index contributed by atoms with van der Waals surface area (Å²) in [6, 6.07) is 12.1. The van der Waals surface area contributed by atoms with Gasteiger partial charge in [0.05, 0.1) is 18.1 Å². The van der Waals surface area contributed by atoms with Crippen LogP contribution in [-0.4, -0.2) is 44.9 Å². The van der Waals surface area contributed by atoms with E-state index in [0.717, 1.165) is 15.6 Å². The summed E-state index contributed by atoms with van der Waals surface area (Å²) in [4.78, 5) is 12.4. The van der Waals surface area contributed by atoms with E-state index in [0.29, 0.717) is 32.0 Å². The molecule has 8 heteroatoms. The van der Waals surface area contributed by atoms with Gasteiger partial charge >= 0.3 is 0 Å². The van der Waals surface area contributed by atoms with Crippen molar-refractivity contribution in [3.8, 4) is 0 Å². The zero-order valence-corrected chi connectivity index (χ0v) is 17.8. The van der Waals surface area contributed by atoms with Crippen molar-refractivity contribution in [2.24, 2.45) is 0 Å². The van der Waals surface area contributed by atoms with Crippen molar-refractivity contribution < 1.29 is 17.9 Å². The van der Waals surface area contributed by atoms with Crippen molar-refractivity contribution in [1.29, 1.82) is 0 Å². The summed E-state index contributed by atoms with van der Waals surface area (Å²) in [5.41, 5.74) is 2.42. The summed E-state index contributed by atoms with van der Waals surface area (Å²) in [7, 11) is -3.61. The second kappa shape index (κ2) is 9.00. The Hall–Kier alpha value is -2.00. The number of carbonyl (C=O) groups is 1. The van der Waals surface area contributed by atoms with E-state index in [1.54, 1.807) is 18.2 Å². The minimum atomic E-state index is -3.61. The summed E-state index contributed by atoms with van der Waals surface area (Å²) >= 11 is 3.47. The number of anilines is 1. The fourth-order valence-electron chi connectivity index (χ4n) is 2.79. The number of hydrogen-bond acceptors (Lipinski definition) is 4. The van der Waals surface area contributed by atoms with E-state index < -0.39 is 10.0 Å². The van der Waals surface area contributed by atoms with E-state index in [4.69, 9.17) is 4.74 Å².